The maximum absolute atomic E-state index is 12.6. The first kappa shape index (κ1) is 25.8. The third-order valence-corrected chi connectivity index (χ3v) is 5.65. The molecule has 186 valence electrons. The fourth-order valence-electron chi connectivity index (χ4n) is 3.96. The number of pyridine rings is 1. The van der Waals surface area contributed by atoms with Crippen molar-refractivity contribution in [1.82, 2.24) is 10.3 Å². The monoisotopic (exact) mass is 479 g/mol. The van der Waals surface area contributed by atoms with E-state index in [1.54, 1.807) is 37.4 Å². The van der Waals surface area contributed by atoms with E-state index in [9.17, 15) is 9.59 Å². The van der Waals surface area contributed by atoms with Crippen LogP contribution >= 0.6 is 0 Å². The number of nitrogens with one attached hydrogen (secondary N) is 3. The van der Waals surface area contributed by atoms with Gasteiger partial charge in [-0.3, -0.25) is 10.1 Å². The smallest absolute Gasteiger partial charge is 0.258 e. The van der Waals surface area contributed by atoms with Gasteiger partial charge in [0.15, 0.2) is 5.88 Å². The van der Waals surface area contributed by atoms with E-state index in [1.165, 1.54) is 6.26 Å². The van der Waals surface area contributed by atoms with Crippen LogP contribution in [0.3, 0.4) is 0 Å². The van der Waals surface area contributed by atoms with Crippen molar-refractivity contribution in [2.75, 3.05) is 35.8 Å². The lowest BCUT2D eigenvalue weighted by Gasteiger charge is -2.39. The number of allylic oxidation sites excluding steroid dienone is 1. The number of ether oxygens (including phenoxy) is 2. The van der Waals surface area contributed by atoms with Gasteiger partial charge in [0.25, 0.3) is 5.91 Å². The fourth-order valence-corrected chi connectivity index (χ4v) is 3.96. The zero-order chi connectivity index (χ0) is 25.2. The van der Waals surface area contributed by atoms with Gasteiger partial charge >= 0.3 is 0 Å². The highest BCUT2D eigenvalue weighted by Gasteiger charge is 2.28. The average Bonchev–Trinajstić information content (AvgIpc) is 2.88. The van der Waals surface area contributed by atoms with Gasteiger partial charge in [-0.15, -0.1) is 0 Å². The van der Waals surface area contributed by atoms with E-state index in [0.717, 1.165) is 30.5 Å². The maximum atomic E-state index is 12.6. The molecule has 2 aromatic rings. The van der Waals surface area contributed by atoms with E-state index in [1.807, 2.05) is 26.1 Å². The summed E-state index contributed by atoms with van der Waals surface area (Å²) in [5.74, 6) is 0.387. The van der Waals surface area contributed by atoms with Crippen molar-refractivity contribution in [2.45, 2.75) is 38.8 Å². The van der Waals surface area contributed by atoms with Crippen LogP contribution in [-0.2, 0) is 14.3 Å². The molecule has 1 saturated heterocycles. The van der Waals surface area contributed by atoms with Crippen molar-refractivity contribution in [1.29, 1.82) is 0 Å². The van der Waals surface area contributed by atoms with Crippen LogP contribution in [0.2, 0.25) is 0 Å². The Kier molecular flexibility index (Phi) is 9.25. The summed E-state index contributed by atoms with van der Waals surface area (Å²) in [4.78, 5) is 31.0. The number of aromatic nitrogens is 1. The first-order chi connectivity index (χ1) is 17.0. The Labute approximate surface area is 206 Å². The van der Waals surface area contributed by atoms with E-state index >= 15 is 0 Å². The van der Waals surface area contributed by atoms with Gasteiger partial charge < -0.3 is 29.8 Å². The number of rotatable bonds is 11. The summed E-state index contributed by atoms with van der Waals surface area (Å²) in [6, 6.07) is 8.82. The zero-order valence-electron chi connectivity index (χ0n) is 20.4. The van der Waals surface area contributed by atoms with Gasteiger partial charge in [-0.05, 0) is 51.5 Å². The number of nitrogens with zero attached hydrogens (tertiary/aromatic N) is 2. The number of benzene rings is 1. The molecule has 1 unspecified atom stereocenters. The van der Waals surface area contributed by atoms with Gasteiger partial charge in [-0.2, -0.15) is 0 Å². The highest BCUT2D eigenvalue weighted by molar-refractivity contribution is 5.96. The van der Waals surface area contributed by atoms with Crippen LogP contribution < -0.4 is 20.9 Å². The maximum Gasteiger partial charge on any atom is 0.258 e. The van der Waals surface area contributed by atoms with Crippen LogP contribution in [0.5, 0.6) is 0 Å². The molecule has 1 aliphatic heterocycles. The molecule has 0 spiro atoms. The van der Waals surface area contributed by atoms with Gasteiger partial charge in [0.2, 0.25) is 0 Å². The van der Waals surface area contributed by atoms with Crippen LogP contribution in [-0.4, -0.2) is 49.5 Å². The van der Waals surface area contributed by atoms with Gasteiger partial charge in [0, 0.05) is 43.6 Å². The molecule has 3 N–H and O–H groups in total. The second kappa shape index (κ2) is 12.6. The second-order valence-electron chi connectivity index (χ2n) is 8.13. The summed E-state index contributed by atoms with van der Waals surface area (Å²) in [5, 5.41) is 9.06. The molecule has 0 bridgehead atoms. The topological polar surface area (TPSA) is 105 Å². The Balaban J connectivity index is 1.84. The molecule has 0 saturated carbocycles. The molecule has 1 fully saturated rings. The molecular formula is C26H33N5O4. The second-order valence-corrected chi connectivity index (χ2v) is 8.13. The minimum Gasteiger partial charge on any atom is -0.450 e. The lowest BCUT2D eigenvalue weighted by molar-refractivity contribution is -0.108. The van der Waals surface area contributed by atoms with Crippen molar-refractivity contribution in [2.24, 2.45) is 0 Å². The van der Waals surface area contributed by atoms with Gasteiger partial charge in [-0.1, -0.05) is 12.1 Å². The van der Waals surface area contributed by atoms with Crippen LogP contribution in [0.15, 0.2) is 61.3 Å². The summed E-state index contributed by atoms with van der Waals surface area (Å²) < 4.78 is 10.7. The van der Waals surface area contributed by atoms with Gasteiger partial charge in [0.1, 0.15) is 12.1 Å². The molecule has 1 aromatic heterocycles. The van der Waals surface area contributed by atoms with E-state index in [-0.39, 0.29) is 23.9 Å². The molecule has 1 atom stereocenters. The lowest BCUT2D eigenvalue weighted by Crippen LogP contribution is -2.46. The summed E-state index contributed by atoms with van der Waals surface area (Å²) in [5.41, 5.74) is 2.83. The summed E-state index contributed by atoms with van der Waals surface area (Å²) in [7, 11) is 1.83. The molecule has 3 rings (SSSR count). The summed E-state index contributed by atoms with van der Waals surface area (Å²) in [6.07, 6.45) is 7.51. The van der Waals surface area contributed by atoms with E-state index in [2.05, 4.69) is 32.4 Å². The standard InChI is InChI=1S/C26H33N5O4/c1-5-11-35-19(3)29-26(33)20-7-6-8-21(14-20)30-25-15-24(23(27-4)16-28-25)31(18(2)17-32)22-9-12-34-13-10-22/h5-8,11,14-18,22,27H,3,9-10,12-13H2,1-2,4H3,(H,28,30)(H,29,33)/b11-5-. The van der Waals surface area contributed by atoms with Crippen LogP contribution in [0, 0.1) is 0 Å². The van der Waals surface area contributed by atoms with Crippen molar-refractivity contribution < 1.29 is 19.1 Å². The Bertz CT molecular complexity index is 1070. The SMILES string of the molecule is C=C(NC(=O)c1cccc(Nc2cc(N(C(C)C=O)C3CCOCC3)c(NC)cn2)c1)O/C=C\C. The number of amides is 1. The van der Waals surface area contributed by atoms with Crippen LogP contribution in [0.1, 0.15) is 37.0 Å². The highest BCUT2D eigenvalue weighted by Crippen LogP contribution is 2.33. The minimum atomic E-state index is -0.340. The molecule has 1 aliphatic rings. The van der Waals surface area contributed by atoms with Crippen molar-refractivity contribution in [3.8, 4) is 0 Å². The summed E-state index contributed by atoms with van der Waals surface area (Å²) in [6.45, 7) is 8.70. The van der Waals surface area contributed by atoms with Gasteiger partial charge in [0.05, 0.1) is 29.9 Å². The number of carbonyl (C=O) groups excluding carboxylic acids is 2. The molecule has 2 heterocycles. The molecule has 0 radical (unpaired) electrons. The predicted molar refractivity (Wildman–Crippen MR) is 138 cm³/mol. The first-order valence-corrected chi connectivity index (χ1v) is 11.6. The van der Waals surface area contributed by atoms with Crippen molar-refractivity contribution in [3.05, 3.63) is 66.9 Å². The Morgan fingerprint density at radius 2 is 2.09 bits per heavy atom. The predicted octanol–water partition coefficient (Wildman–Crippen LogP) is 4.19. The largest absolute Gasteiger partial charge is 0.450 e. The summed E-state index contributed by atoms with van der Waals surface area (Å²) >= 11 is 0. The Morgan fingerprint density at radius 3 is 2.77 bits per heavy atom. The number of aldehydes is 1. The van der Waals surface area contributed by atoms with E-state index in [4.69, 9.17) is 9.47 Å². The van der Waals surface area contributed by atoms with E-state index < -0.39 is 0 Å². The van der Waals surface area contributed by atoms with Crippen molar-refractivity contribution in [3.63, 3.8) is 0 Å². The molecule has 9 nitrogen and oxygen atoms in total. The number of carbonyl (C=O) groups is 2. The lowest BCUT2D eigenvalue weighted by atomic mass is 10.0. The Hall–Kier alpha value is -3.85. The van der Waals surface area contributed by atoms with Gasteiger partial charge in [-0.25, -0.2) is 4.98 Å². The molecule has 35 heavy (non-hydrogen) atoms. The third-order valence-electron chi connectivity index (χ3n) is 5.65. The molecule has 0 aliphatic carbocycles. The minimum absolute atomic E-state index is 0.137. The molecule has 1 aromatic carbocycles. The van der Waals surface area contributed by atoms with E-state index in [0.29, 0.717) is 30.3 Å². The Morgan fingerprint density at radius 1 is 1.31 bits per heavy atom. The molecule has 9 heteroatoms. The van der Waals surface area contributed by atoms with Crippen molar-refractivity contribution >= 4 is 35.1 Å². The highest BCUT2D eigenvalue weighted by atomic mass is 16.5. The quantitative estimate of drug-likeness (QED) is 0.326. The number of hydrogen-bond acceptors (Lipinski definition) is 8. The zero-order valence-corrected chi connectivity index (χ0v) is 20.4. The molecule has 1 amide bonds. The normalized spacial score (nSPS) is 14.7. The average molecular weight is 480 g/mol. The first-order valence-electron chi connectivity index (χ1n) is 11.6. The fraction of sp³-hybridized carbons (Fsp3) is 0.346. The number of hydrogen-bond donors (Lipinski definition) is 3. The third kappa shape index (κ3) is 6.83. The molecular weight excluding hydrogens is 446 g/mol. The number of anilines is 4. The van der Waals surface area contributed by atoms with Crippen LogP contribution in [0.25, 0.3) is 0 Å². The van der Waals surface area contributed by atoms with Crippen LogP contribution in [0.4, 0.5) is 22.9 Å².